The number of nitrogens with two attached hydrogens (primary N) is 1. The molecule has 152 valence electrons. The van der Waals surface area contributed by atoms with E-state index in [1.807, 2.05) is 6.92 Å². The third-order valence-electron chi connectivity index (χ3n) is 3.69. The lowest BCUT2D eigenvalue weighted by molar-refractivity contribution is -0.121. The van der Waals surface area contributed by atoms with E-state index in [2.05, 4.69) is 10.6 Å². The highest BCUT2D eigenvalue weighted by Crippen LogP contribution is 2.18. The molecule has 27 heavy (non-hydrogen) atoms. The Morgan fingerprint density at radius 3 is 2.19 bits per heavy atom. The van der Waals surface area contributed by atoms with Gasteiger partial charge in [-0.1, -0.05) is 20.3 Å². The molecular formula is C15H21F3N4O4S. The summed E-state index contributed by atoms with van der Waals surface area (Å²) in [6.07, 6.45) is -4.10. The molecule has 12 heteroatoms. The Bertz CT molecular complexity index is 766. The zero-order valence-electron chi connectivity index (χ0n) is 14.6. The van der Waals surface area contributed by atoms with Crippen molar-refractivity contribution in [3.05, 3.63) is 24.3 Å². The summed E-state index contributed by atoms with van der Waals surface area (Å²) < 4.78 is 61.5. The fourth-order valence-electron chi connectivity index (χ4n) is 2.05. The van der Waals surface area contributed by atoms with Gasteiger partial charge in [-0.15, -0.1) is 0 Å². The van der Waals surface area contributed by atoms with Gasteiger partial charge < -0.3 is 16.4 Å². The highest BCUT2D eigenvalue weighted by Gasteiger charge is 2.30. The van der Waals surface area contributed by atoms with Crippen LogP contribution >= 0.6 is 0 Å². The minimum Gasteiger partial charge on any atom is -0.352 e. The van der Waals surface area contributed by atoms with Crippen molar-refractivity contribution in [3.63, 3.8) is 0 Å². The van der Waals surface area contributed by atoms with Crippen LogP contribution in [0.4, 0.5) is 23.7 Å². The minimum atomic E-state index is -4.68. The molecule has 2 atom stereocenters. The van der Waals surface area contributed by atoms with Gasteiger partial charge in [0.1, 0.15) is 12.6 Å². The van der Waals surface area contributed by atoms with Crippen molar-refractivity contribution in [1.29, 1.82) is 0 Å². The van der Waals surface area contributed by atoms with Gasteiger partial charge in [-0.05, 0) is 30.2 Å². The lowest BCUT2D eigenvalue weighted by atomic mass is 9.98. The number of sulfonamides is 1. The Kier molecular flexibility index (Phi) is 7.60. The van der Waals surface area contributed by atoms with Crippen molar-refractivity contribution in [2.75, 3.05) is 11.9 Å². The van der Waals surface area contributed by atoms with Gasteiger partial charge in [-0.3, -0.25) is 4.79 Å². The van der Waals surface area contributed by atoms with Gasteiger partial charge in [0, 0.05) is 5.69 Å². The van der Waals surface area contributed by atoms with Crippen LogP contribution in [0.1, 0.15) is 20.3 Å². The number of alkyl halides is 3. The van der Waals surface area contributed by atoms with E-state index in [0.29, 0.717) is 6.42 Å². The molecule has 5 N–H and O–H groups in total. The molecule has 0 bridgehead atoms. The predicted molar refractivity (Wildman–Crippen MR) is 92.3 cm³/mol. The van der Waals surface area contributed by atoms with Gasteiger partial charge in [0.25, 0.3) is 0 Å². The molecule has 1 aromatic carbocycles. The molecule has 0 spiro atoms. The highest BCUT2D eigenvalue weighted by molar-refractivity contribution is 7.89. The normalized spacial score (nSPS) is 14.3. The second-order valence-electron chi connectivity index (χ2n) is 5.83. The van der Waals surface area contributed by atoms with E-state index < -0.39 is 45.6 Å². The summed E-state index contributed by atoms with van der Waals surface area (Å²) in [4.78, 5) is 23.0. The number of benzene rings is 1. The van der Waals surface area contributed by atoms with Gasteiger partial charge in [-0.2, -0.15) is 13.2 Å². The molecule has 0 aliphatic carbocycles. The summed E-state index contributed by atoms with van der Waals surface area (Å²) in [5.74, 6) is -0.780. The van der Waals surface area contributed by atoms with Crippen molar-refractivity contribution in [3.8, 4) is 0 Å². The fourth-order valence-corrected chi connectivity index (χ4v) is 3.07. The SMILES string of the molecule is CC[C@H](C)[C@H](NC(N)=O)C(=O)Nc1ccc(S(=O)(=O)NCC(F)(F)F)cc1. The van der Waals surface area contributed by atoms with Crippen LogP contribution < -0.4 is 21.1 Å². The third-order valence-corrected chi connectivity index (χ3v) is 5.11. The van der Waals surface area contributed by atoms with Gasteiger partial charge in [0.15, 0.2) is 0 Å². The van der Waals surface area contributed by atoms with Crippen LogP contribution in [-0.2, 0) is 14.8 Å². The number of rotatable bonds is 8. The van der Waals surface area contributed by atoms with Crippen molar-refractivity contribution in [2.45, 2.75) is 37.4 Å². The van der Waals surface area contributed by atoms with Crippen LogP contribution in [0.2, 0.25) is 0 Å². The first-order chi connectivity index (χ1) is 12.4. The smallest absolute Gasteiger partial charge is 0.352 e. The standard InChI is InChI=1S/C15H21F3N4O4S/c1-3-9(2)12(22-14(19)24)13(23)21-10-4-6-11(7-5-10)27(25,26)20-8-15(16,17)18/h4-7,9,12,20H,3,8H2,1-2H3,(H,21,23)(H3,19,22,24)/t9-,12-/m0/s1. The van der Waals surface area contributed by atoms with Crippen molar-refractivity contribution >= 4 is 27.6 Å². The summed E-state index contributed by atoms with van der Waals surface area (Å²) in [7, 11) is -4.34. The Labute approximate surface area is 154 Å². The van der Waals surface area contributed by atoms with Gasteiger partial charge in [0.2, 0.25) is 15.9 Å². The van der Waals surface area contributed by atoms with Crippen LogP contribution in [0, 0.1) is 5.92 Å². The number of primary amides is 1. The minimum absolute atomic E-state index is 0.203. The number of carbonyl (C=O) groups is 2. The number of hydrogen-bond acceptors (Lipinski definition) is 4. The summed E-state index contributed by atoms with van der Waals surface area (Å²) >= 11 is 0. The van der Waals surface area contributed by atoms with Crippen LogP contribution in [0.3, 0.4) is 0 Å². The van der Waals surface area contributed by atoms with Gasteiger partial charge in [-0.25, -0.2) is 17.9 Å². The molecular weight excluding hydrogens is 389 g/mol. The third kappa shape index (κ3) is 7.43. The molecule has 8 nitrogen and oxygen atoms in total. The van der Waals surface area contributed by atoms with E-state index in [9.17, 15) is 31.2 Å². The number of nitrogens with one attached hydrogen (secondary N) is 3. The number of anilines is 1. The number of carbonyl (C=O) groups excluding carboxylic acids is 2. The maximum Gasteiger partial charge on any atom is 0.402 e. The lowest BCUT2D eigenvalue weighted by Gasteiger charge is -2.22. The maximum absolute atomic E-state index is 12.3. The second-order valence-corrected chi connectivity index (χ2v) is 7.59. The fraction of sp³-hybridized carbons (Fsp3) is 0.467. The molecule has 0 aliphatic rings. The molecule has 0 saturated heterocycles. The maximum atomic E-state index is 12.3. The van der Waals surface area contributed by atoms with E-state index in [1.54, 1.807) is 6.92 Å². The van der Waals surface area contributed by atoms with Crippen LogP contribution in [-0.4, -0.2) is 39.1 Å². The predicted octanol–water partition coefficient (Wildman–Crippen LogP) is 1.55. The van der Waals surface area contributed by atoms with Gasteiger partial charge in [0.05, 0.1) is 4.90 Å². The summed E-state index contributed by atoms with van der Waals surface area (Å²) in [5.41, 5.74) is 5.26. The molecule has 3 amide bonds. The molecule has 0 unspecified atom stereocenters. The zero-order chi connectivity index (χ0) is 20.8. The van der Waals surface area contributed by atoms with E-state index in [1.165, 1.54) is 16.9 Å². The number of halogens is 3. The molecule has 0 saturated carbocycles. The molecule has 1 rings (SSSR count). The molecule has 0 fully saturated rings. The molecule has 0 aromatic heterocycles. The summed E-state index contributed by atoms with van der Waals surface area (Å²) in [6, 6.07) is 2.77. The Morgan fingerprint density at radius 2 is 1.74 bits per heavy atom. The molecule has 1 aromatic rings. The Morgan fingerprint density at radius 1 is 1.19 bits per heavy atom. The van der Waals surface area contributed by atoms with Crippen molar-refractivity contribution in [2.24, 2.45) is 11.7 Å². The lowest BCUT2D eigenvalue weighted by Crippen LogP contribution is -2.49. The summed E-state index contributed by atoms with van der Waals surface area (Å²) in [5, 5.41) is 4.82. The van der Waals surface area contributed by atoms with E-state index in [0.717, 1.165) is 12.1 Å². The number of urea groups is 1. The average molecular weight is 410 g/mol. The first-order valence-electron chi connectivity index (χ1n) is 7.89. The molecule has 0 radical (unpaired) electrons. The first kappa shape index (κ1) is 22.7. The Hall–Kier alpha value is -2.34. The van der Waals surface area contributed by atoms with Crippen LogP contribution in [0.15, 0.2) is 29.2 Å². The van der Waals surface area contributed by atoms with Crippen LogP contribution in [0.25, 0.3) is 0 Å². The second kappa shape index (κ2) is 9.04. The Balaban J connectivity index is 2.86. The van der Waals surface area contributed by atoms with E-state index >= 15 is 0 Å². The topological polar surface area (TPSA) is 130 Å². The van der Waals surface area contributed by atoms with Crippen LogP contribution in [0.5, 0.6) is 0 Å². The summed E-state index contributed by atoms with van der Waals surface area (Å²) in [6.45, 7) is 1.87. The van der Waals surface area contributed by atoms with E-state index in [4.69, 9.17) is 5.73 Å². The average Bonchev–Trinajstić information content (AvgIpc) is 2.57. The van der Waals surface area contributed by atoms with Gasteiger partial charge >= 0.3 is 12.2 Å². The van der Waals surface area contributed by atoms with Crippen molar-refractivity contribution in [1.82, 2.24) is 10.0 Å². The molecule has 0 heterocycles. The molecule has 0 aliphatic heterocycles. The first-order valence-corrected chi connectivity index (χ1v) is 9.37. The zero-order valence-corrected chi connectivity index (χ0v) is 15.4. The van der Waals surface area contributed by atoms with E-state index in [-0.39, 0.29) is 11.6 Å². The quantitative estimate of drug-likeness (QED) is 0.518. The highest BCUT2D eigenvalue weighted by atomic mass is 32.2. The number of amides is 3. The number of hydrogen-bond donors (Lipinski definition) is 4. The van der Waals surface area contributed by atoms with Crippen molar-refractivity contribution < 1.29 is 31.2 Å². The largest absolute Gasteiger partial charge is 0.402 e. The monoisotopic (exact) mass is 410 g/mol.